The Balaban J connectivity index is 1.67. The predicted octanol–water partition coefficient (Wildman–Crippen LogP) is 5.81. The number of sulfone groups is 1. The standard InChI is InChI=1S/C26H25F7N2O3S2/c27-24(25(28,29)30,26(31,32)33)17-6-7-19-20(14-17)34-15-21-23(19,40(37,38)18-4-2-1-3-5-18)10-11-35(21)22(36)16-8-12-39-13-9-16/h1-7,14,16,21,34H,8-13,15H2. The number of nitrogens with one attached hydrogen (secondary N) is 1. The van der Waals surface area contributed by atoms with Crippen LogP contribution < -0.4 is 5.32 Å². The highest BCUT2D eigenvalue weighted by molar-refractivity contribution is 7.99. The van der Waals surface area contributed by atoms with E-state index >= 15 is 0 Å². The van der Waals surface area contributed by atoms with Gasteiger partial charge in [-0.15, -0.1) is 0 Å². The van der Waals surface area contributed by atoms with E-state index in [4.69, 9.17) is 0 Å². The molecule has 2 fully saturated rings. The molecule has 2 saturated heterocycles. The van der Waals surface area contributed by atoms with Gasteiger partial charge in [-0.1, -0.05) is 30.3 Å². The lowest BCUT2D eigenvalue weighted by Crippen LogP contribution is -2.56. The molecule has 0 aromatic heterocycles. The van der Waals surface area contributed by atoms with Crippen molar-refractivity contribution >= 4 is 33.2 Å². The minimum absolute atomic E-state index is 0.0280. The molecule has 2 aromatic carbocycles. The molecule has 0 spiro atoms. The van der Waals surface area contributed by atoms with Crippen LogP contribution in [-0.4, -0.2) is 62.2 Å². The number of rotatable bonds is 4. The molecule has 0 bridgehead atoms. The molecule has 2 aromatic rings. The number of alkyl halides is 7. The minimum atomic E-state index is -6.32. The summed E-state index contributed by atoms with van der Waals surface area (Å²) < 4.78 is 122. The maximum Gasteiger partial charge on any atom is 0.435 e. The van der Waals surface area contributed by atoms with Crippen LogP contribution in [0.15, 0.2) is 53.4 Å². The van der Waals surface area contributed by atoms with Crippen LogP contribution in [-0.2, 0) is 25.0 Å². The van der Waals surface area contributed by atoms with Gasteiger partial charge in [-0.25, -0.2) is 12.8 Å². The number of carbonyl (C=O) groups excluding carboxylic acids is 1. The average Bonchev–Trinajstić information content (AvgIpc) is 3.33. The molecule has 3 heterocycles. The van der Waals surface area contributed by atoms with Crippen molar-refractivity contribution in [2.24, 2.45) is 5.92 Å². The third kappa shape index (κ3) is 4.19. The molecule has 1 amide bonds. The minimum Gasteiger partial charge on any atom is -0.383 e. The number of hydrogen-bond acceptors (Lipinski definition) is 5. The summed E-state index contributed by atoms with van der Waals surface area (Å²) >= 11 is 1.71. The first-order valence-corrected chi connectivity index (χ1v) is 15.2. The molecule has 5 nitrogen and oxygen atoms in total. The number of carbonyl (C=O) groups is 1. The molecule has 0 radical (unpaired) electrons. The summed E-state index contributed by atoms with van der Waals surface area (Å²) in [5.74, 6) is 1.01. The second-order valence-electron chi connectivity index (χ2n) is 10.2. The van der Waals surface area contributed by atoms with E-state index in [1.807, 2.05) is 0 Å². The van der Waals surface area contributed by atoms with E-state index in [9.17, 15) is 43.9 Å². The molecule has 14 heteroatoms. The SMILES string of the molecule is O=C(C1CCSCC1)N1CCC2(S(=O)(=O)c3ccccc3)c3ccc(C(F)(C(F)(F)F)C(F)(F)F)cc3NCC12. The quantitative estimate of drug-likeness (QED) is 0.443. The van der Waals surface area contributed by atoms with Crippen LogP contribution in [0.2, 0.25) is 0 Å². The van der Waals surface area contributed by atoms with E-state index in [1.165, 1.54) is 29.2 Å². The van der Waals surface area contributed by atoms with Crippen LogP contribution in [0, 0.1) is 5.92 Å². The molecule has 1 N–H and O–H groups in total. The van der Waals surface area contributed by atoms with Crippen LogP contribution in [0.1, 0.15) is 30.4 Å². The number of halogens is 7. The first-order chi connectivity index (χ1) is 18.7. The van der Waals surface area contributed by atoms with Gasteiger partial charge in [-0.05, 0) is 54.5 Å². The third-order valence-electron chi connectivity index (χ3n) is 8.17. The molecule has 3 aliphatic heterocycles. The highest BCUT2D eigenvalue weighted by atomic mass is 32.2. The summed E-state index contributed by atoms with van der Waals surface area (Å²) in [4.78, 5) is 14.9. The zero-order valence-corrected chi connectivity index (χ0v) is 22.5. The van der Waals surface area contributed by atoms with Gasteiger partial charge in [0.2, 0.25) is 5.91 Å². The largest absolute Gasteiger partial charge is 0.435 e. The van der Waals surface area contributed by atoms with Crippen molar-refractivity contribution in [2.75, 3.05) is 29.9 Å². The highest BCUT2D eigenvalue weighted by Gasteiger charge is 2.74. The molecule has 40 heavy (non-hydrogen) atoms. The van der Waals surface area contributed by atoms with Crippen molar-refractivity contribution in [3.8, 4) is 0 Å². The molecule has 0 saturated carbocycles. The van der Waals surface area contributed by atoms with Gasteiger partial charge in [0.1, 0.15) is 4.75 Å². The lowest BCUT2D eigenvalue weighted by Gasteiger charge is -2.44. The molecule has 2 atom stereocenters. The fourth-order valence-corrected chi connectivity index (χ4v) is 9.57. The molecule has 0 aliphatic carbocycles. The average molecular weight is 611 g/mol. The fourth-order valence-electron chi connectivity index (χ4n) is 6.13. The van der Waals surface area contributed by atoms with Crippen molar-refractivity contribution < 1.29 is 43.9 Å². The lowest BCUT2D eigenvalue weighted by molar-refractivity contribution is -0.348. The van der Waals surface area contributed by atoms with Crippen molar-refractivity contribution in [1.82, 2.24) is 4.90 Å². The number of fused-ring (bicyclic) bond motifs is 3. The third-order valence-corrected chi connectivity index (χ3v) is 11.8. The summed E-state index contributed by atoms with van der Waals surface area (Å²) in [7, 11) is -4.35. The smallest absolute Gasteiger partial charge is 0.383 e. The fraction of sp³-hybridized carbons (Fsp3) is 0.500. The van der Waals surface area contributed by atoms with E-state index in [2.05, 4.69) is 5.32 Å². The van der Waals surface area contributed by atoms with Crippen LogP contribution in [0.4, 0.5) is 36.4 Å². The van der Waals surface area contributed by atoms with Crippen LogP contribution >= 0.6 is 11.8 Å². The Morgan fingerprint density at radius 1 is 0.950 bits per heavy atom. The number of amides is 1. The summed E-state index contributed by atoms with van der Waals surface area (Å²) in [6, 6.07) is 7.83. The van der Waals surface area contributed by atoms with E-state index < -0.39 is 44.2 Å². The summed E-state index contributed by atoms with van der Waals surface area (Å²) in [6.45, 7) is -0.229. The Morgan fingerprint density at radius 3 is 2.17 bits per heavy atom. The lowest BCUT2D eigenvalue weighted by atomic mass is 9.83. The molecule has 218 valence electrons. The van der Waals surface area contributed by atoms with Crippen LogP contribution in [0.3, 0.4) is 0 Å². The Bertz CT molecular complexity index is 1380. The zero-order chi connectivity index (χ0) is 29.1. The van der Waals surface area contributed by atoms with Crippen LogP contribution in [0.25, 0.3) is 0 Å². The number of anilines is 1. The molecular formula is C26H25F7N2O3S2. The number of hydrogen-bond donors (Lipinski definition) is 1. The van der Waals surface area contributed by atoms with Gasteiger partial charge >= 0.3 is 18.0 Å². The normalized spacial score (nSPS) is 24.3. The van der Waals surface area contributed by atoms with E-state index in [1.54, 1.807) is 17.8 Å². The predicted molar refractivity (Wildman–Crippen MR) is 135 cm³/mol. The van der Waals surface area contributed by atoms with Gasteiger partial charge in [-0.2, -0.15) is 38.1 Å². The van der Waals surface area contributed by atoms with E-state index in [0.717, 1.165) is 17.6 Å². The van der Waals surface area contributed by atoms with Gasteiger partial charge in [0.15, 0.2) is 9.84 Å². The Hall–Kier alpha value is -2.48. The second kappa shape index (κ2) is 9.81. The zero-order valence-electron chi connectivity index (χ0n) is 20.9. The Morgan fingerprint density at radius 2 is 1.57 bits per heavy atom. The Kier molecular flexibility index (Phi) is 7.12. The van der Waals surface area contributed by atoms with Crippen molar-refractivity contribution in [2.45, 2.75) is 53.0 Å². The molecule has 5 rings (SSSR count). The number of thioether (sulfide) groups is 1. The van der Waals surface area contributed by atoms with Gasteiger partial charge in [0, 0.05) is 30.3 Å². The maximum atomic E-state index is 14.9. The first-order valence-electron chi connectivity index (χ1n) is 12.6. The van der Waals surface area contributed by atoms with E-state index in [0.29, 0.717) is 25.0 Å². The van der Waals surface area contributed by atoms with Gasteiger partial charge in [-0.3, -0.25) is 4.79 Å². The number of likely N-dealkylation sites (tertiary alicyclic amines) is 1. The molecule has 2 unspecified atom stereocenters. The number of nitrogens with zero attached hydrogens (tertiary/aromatic N) is 1. The van der Waals surface area contributed by atoms with E-state index in [-0.39, 0.29) is 47.5 Å². The first kappa shape index (κ1) is 29.0. The summed E-state index contributed by atoms with van der Waals surface area (Å²) in [6.07, 6.45) is -11.5. The van der Waals surface area contributed by atoms with Gasteiger partial charge < -0.3 is 10.2 Å². The number of benzene rings is 2. The van der Waals surface area contributed by atoms with Crippen molar-refractivity contribution in [1.29, 1.82) is 0 Å². The van der Waals surface area contributed by atoms with Gasteiger partial charge in [0.25, 0.3) is 0 Å². The Labute approximate surface area is 230 Å². The molecular weight excluding hydrogens is 585 g/mol. The van der Waals surface area contributed by atoms with Crippen molar-refractivity contribution in [3.05, 3.63) is 59.7 Å². The van der Waals surface area contributed by atoms with Gasteiger partial charge in [0.05, 0.1) is 10.9 Å². The maximum absolute atomic E-state index is 14.9. The molecule has 3 aliphatic rings. The summed E-state index contributed by atoms with van der Waals surface area (Å²) in [5.41, 5.74) is -7.84. The summed E-state index contributed by atoms with van der Waals surface area (Å²) in [5, 5.41) is 2.72. The van der Waals surface area contributed by atoms with Crippen LogP contribution in [0.5, 0.6) is 0 Å². The monoisotopic (exact) mass is 610 g/mol. The highest BCUT2D eigenvalue weighted by Crippen LogP contribution is 2.57. The second-order valence-corrected chi connectivity index (χ2v) is 13.6. The van der Waals surface area contributed by atoms with Crippen molar-refractivity contribution in [3.63, 3.8) is 0 Å². The topological polar surface area (TPSA) is 66.5 Å².